The summed E-state index contributed by atoms with van der Waals surface area (Å²) in [5.74, 6) is 0.822. The minimum atomic E-state index is -0.0540. The number of benzene rings is 2. The molecule has 4 heteroatoms. The van der Waals surface area contributed by atoms with Crippen LogP contribution in [0, 0.1) is 0 Å². The second-order valence-corrected chi connectivity index (χ2v) is 5.20. The number of rotatable bonds is 4. The highest BCUT2D eigenvalue weighted by Crippen LogP contribution is 2.25. The summed E-state index contributed by atoms with van der Waals surface area (Å²) in [6.45, 7) is 2.39. The van der Waals surface area contributed by atoms with Crippen LogP contribution in [0.4, 0.5) is 0 Å². The molecular weight excluding hydrogens is 262 g/mol. The number of aryl methyl sites for hydroxylation is 1. The molecule has 0 aliphatic carbocycles. The average molecular weight is 281 g/mol. The first-order chi connectivity index (χ1) is 10.2. The monoisotopic (exact) mass is 281 g/mol. The molecule has 0 saturated heterocycles. The Morgan fingerprint density at radius 2 is 1.86 bits per heavy atom. The van der Waals surface area contributed by atoms with Crippen LogP contribution in [0.15, 0.2) is 48.5 Å². The van der Waals surface area contributed by atoms with Crippen molar-refractivity contribution in [2.75, 3.05) is 0 Å². The lowest BCUT2D eigenvalue weighted by atomic mass is 10.1. The van der Waals surface area contributed by atoms with E-state index in [-0.39, 0.29) is 6.04 Å². The molecule has 0 saturated carbocycles. The molecule has 4 nitrogen and oxygen atoms in total. The number of hydrogen-bond acceptors (Lipinski definition) is 3. The van der Waals surface area contributed by atoms with Gasteiger partial charge in [0.25, 0.3) is 0 Å². The summed E-state index contributed by atoms with van der Waals surface area (Å²) < 4.78 is 7.83. The van der Waals surface area contributed by atoms with E-state index >= 15 is 0 Å². The van der Waals surface area contributed by atoms with Gasteiger partial charge in [-0.25, -0.2) is 0 Å². The van der Waals surface area contributed by atoms with E-state index < -0.39 is 0 Å². The zero-order chi connectivity index (χ0) is 14.8. The maximum atomic E-state index is 5.98. The van der Waals surface area contributed by atoms with Crippen molar-refractivity contribution in [1.82, 2.24) is 9.78 Å². The van der Waals surface area contributed by atoms with Crippen LogP contribution in [0.3, 0.4) is 0 Å². The highest BCUT2D eigenvalue weighted by molar-refractivity contribution is 5.81. The molecule has 0 radical (unpaired) electrons. The van der Waals surface area contributed by atoms with E-state index in [1.165, 1.54) is 0 Å². The maximum absolute atomic E-state index is 5.98. The standard InChI is InChI=1S/C17H19N3O/c1-12(18)13-7-4-6-10-17(13)21-11-15-14-8-3-5-9-16(14)20(2)19-15/h3-10,12H,11,18H2,1-2H3/t12-/m0/s1. The van der Waals surface area contributed by atoms with Crippen molar-refractivity contribution in [1.29, 1.82) is 0 Å². The van der Waals surface area contributed by atoms with Crippen molar-refractivity contribution >= 4 is 10.9 Å². The van der Waals surface area contributed by atoms with E-state index in [0.717, 1.165) is 27.9 Å². The molecule has 0 aliphatic rings. The van der Waals surface area contributed by atoms with Crippen LogP contribution < -0.4 is 10.5 Å². The summed E-state index contributed by atoms with van der Waals surface area (Å²) in [4.78, 5) is 0. The largest absolute Gasteiger partial charge is 0.487 e. The number of nitrogens with two attached hydrogens (primary N) is 1. The zero-order valence-electron chi connectivity index (χ0n) is 12.3. The van der Waals surface area contributed by atoms with Gasteiger partial charge in [0.2, 0.25) is 0 Å². The summed E-state index contributed by atoms with van der Waals surface area (Å²) in [6, 6.07) is 16.0. The SMILES string of the molecule is C[C@H](N)c1ccccc1OCc1nn(C)c2ccccc12. The lowest BCUT2D eigenvalue weighted by Crippen LogP contribution is -2.08. The van der Waals surface area contributed by atoms with Crippen LogP contribution in [0.2, 0.25) is 0 Å². The molecule has 3 rings (SSSR count). The lowest BCUT2D eigenvalue weighted by molar-refractivity contribution is 0.297. The molecule has 2 aromatic carbocycles. The second-order valence-electron chi connectivity index (χ2n) is 5.20. The normalized spacial score (nSPS) is 12.5. The van der Waals surface area contributed by atoms with Crippen molar-refractivity contribution in [3.8, 4) is 5.75 Å². The first-order valence-electron chi connectivity index (χ1n) is 7.04. The molecule has 0 unspecified atom stereocenters. The fourth-order valence-corrected chi connectivity index (χ4v) is 2.53. The van der Waals surface area contributed by atoms with Crippen LogP contribution in [0.25, 0.3) is 10.9 Å². The van der Waals surface area contributed by atoms with E-state index in [9.17, 15) is 0 Å². The Bertz CT molecular complexity index is 762. The minimum absolute atomic E-state index is 0.0540. The van der Waals surface area contributed by atoms with Gasteiger partial charge < -0.3 is 10.5 Å². The van der Waals surface area contributed by atoms with Crippen molar-refractivity contribution in [2.45, 2.75) is 19.6 Å². The summed E-state index contributed by atoms with van der Waals surface area (Å²) >= 11 is 0. The molecule has 2 N–H and O–H groups in total. The van der Waals surface area contributed by atoms with Gasteiger partial charge in [-0.3, -0.25) is 4.68 Å². The van der Waals surface area contributed by atoms with Crippen LogP contribution in [0.1, 0.15) is 24.2 Å². The van der Waals surface area contributed by atoms with Crippen LogP contribution in [-0.2, 0) is 13.7 Å². The summed E-state index contributed by atoms with van der Waals surface area (Å²) in [5.41, 5.74) is 9.04. The Labute approximate surface area is 124 Å². The molecule has 0 aliphatic heterocycles. The van der Waals surface area contributed by atoms with Gasteiger partial charge in [-0.2, -0.15) is 5.10 Å². The van der Waals surface area contributed by atoms with E-state index in [4.69, 9.17) is 10.5 Å². The molecule has 1 heterocycles. The average Bonchev–Trinajstić information content (AvgIpc) is 2.82. The third-order valence-electron chi connectivity index (χ3n) is 3.61. The summed E-state index contributed by atoms with van der Waals surface area (Å²) in [5, 5.41) is 5.66. The van der Waals surface area contributed by atoms with Gasteiger partial charge in [0.15, 0.2) is 0 Å². The van der Waals surface area contributed by atoms with Crippen molar-refractivity contribution < 1.29 is 4.74 Å². The molecule has 0 fully saturated rings. The highest BCUT2D eigenvalue weighted by atomic mass is 16.5. The quantitative estimate of drug-likeness (QED) is 0.799. The number of aromatic nitrogens is 2. The Kier molecular flexibility index (Phi) is 3.62. The lowest BCUT2D eigenvalue weighted by Gasteiger charge is -2.13. The van der Waals surface area contributed by atoms with E-state index in [1.54, 1.807) is 0 Å². The summed E-state index contributed by atoms with van der Waals surface area (Å²) in [7, 11) is 1.95. The first kappa shape index (κ1) is 13.6. The van der Waals surface area contributed by atoms with E-state index in [0.29, 0.717) is 6.61 Å². The fourth-order valence-electron chi connectivity index (χ4n) is 2.53. The predicted molar refractivity (Wildman–Crippen MR) is 84.1 cm³/mol. The highest BCUT2D eigenvalue weighted by Gasteiger charge is 2.11. The molecule has 0 bridgehead atoms. The minimum Gasteiger partial charge on any atom is -0.487 e. The number of nitrogens with zero attached hydrogens (tertiary/aromatic N) is 2. The smallest absolute Gasteiger partial charge is 0.133 e. The van der Waals surface area contributed by atoms with Gasteiger partial charge in [-0.1, -0.05) is 36.4 Å². The van der Waals surface area contributed by atoms with Crippen LogP contribution in [-0.4, -0.2) is 9.78 Å². The number of hydrogen-bond donors (Lipinski definition) is 1. The number of ether oxygens (including phenoxy) is 1. The Hall–Kier alpha value is -2.33. The molecule has 108 valence electrons. The van der Waals surface area contributed by atoms with Crippen molar-refractivity contribution in [3.05, 3.63) is 59.8 Å². The van der Waals surface area contributed by atoms with Gasteiger partial charge in [-0.15, -0.1) is 0 Å². The van der Waals surface area contributed by atoms with Crippen molar-refractivity contribution in [2.24, 2.45) is 12.8 Å². The maximum Gasteiger partial charge on any atom is 0.133 e. The molecular formula is C17H19N3O. The van der Waals surface area contributed by atoms with Crippen LogP contribution >= 0.6 is 0 Å². The third kappa shape index (κ3) is 2.62. The van der Waals surface area contributed by atoms with Crippen LogP contribution in [0.5, 0.6) is 5.75 Å². The Morgan fingerprint density at radius 1 is 1.14 bits per heavy atom. The Morgan fingerprint density at radius 3 is 2.67 bits per heavy atom. The van der Waals surface area contributed by atoms with Gasteiger partial charge in [0, 0.05) is 24.0 Å². The van der Waals surface area contributed by atoms with Gasteiger partial charge in [0.1, 0.15) is 18.1 Å². The molecule has 0 spiro atoms. The zero-order valence-corrected chi connectivity index (χ0v) is 12.3. The molecule has 21 heavy (non-hydrogen) atoms. The molecule has 1 atom stereocenters. The fraction of sp³-hybridized carbons (Fsp3) is 0.235. The summed E-state index contributed by atoms with van der Waals surface area (Å²) in [6.07, 6.45) is 0. The molecule has 3 aromatic rings. The van der Waals surface area contributed by atoms with Gasteiger partial charge in [0.05, 0.1) is 5.52 Å². The topological polar surface area (TPSA) is 53.1 Å². The van der Waals surface area contributed by atoms with E-state index in [2.05, 4.69) is 17.2 Å². The third-order valence-corrected chi connectivity index (χ3v) is 3.61. The van der Waals surface area contributed by atoms with Gasteiger partial charge in [-0.05, 0) is 19.1 Å². The van der Waals surface area contributed by atoms with E-state index in [1.807, 2.05) is 55.1 Å². The predicted octanol–water partition coefficient (Wildman–Crippen LogP) is 3.17. The molecule has 0 amide bonds. The van der Waals surface area contributed by atoms with Crippen molar-refractivity contribution in [3.63, 3.8) is 0 Å². The second kappa shape index (κ2) is 5.58. The first-order valence-corrected chi connectivity index (χ1v) is 7.04. The number of fused-ring (bicyclic) bond motifs is 1. The molecule has 1 aromatic heterocycles. The van der Waals surface area contributed by atoms with Gasteiger partial charge >= 0.3 is 0 Å². The Balaban J connectivity index is 1.88. The number of para-hydroxylation sites is 2.